The molecule has 0 aliphatic rings. The zero-order valence-corrected chi connectivity index (χ0v) is 9.43. The number of methoxy groups -OCH3 is 1. The van der Waals surface area contributed by atoms with Crippen molar-refractivity contribution in [3.05, 3.63) is 29.8 Å². The van der Waals surface area contributed by atoms with Gasteiger partial charge in [-0.15, -0.1) is 0 Å². The normalized spacial score (nSPS) is 9.31. The Kier molecular flexibility index (Phi) is 4.34. The highest BCUT2D eigenvalue weighted by Crippen LogP contribution is 2.14. The number of nitrogens with zero attached hydrogens (tertiary/aromatic N) is 2. The van der Waals surface area contributed by atoms with Crippen molar-refractivity contribution in [3.63, 3.8) is 0 Å². The summed E-state index contributed by atoms with van der Waals surface area (Å²) in [6.07, 6.45) is 0.337. The molecule has 0 fully saturated rings. The second-order valence-electron chi connectivity index (χ2n) is 3.41. The van der Waals surface area contributed by atoms with Crippen LogP contribution in [0.1, 0.15) is 12.0 Å². The van der Waals surface area contributed by atoms with Crippen molar-refractivity contribution in [2.75, 3.05) is 25.6 Å². The molecule has 4 heteroatoms. The Morgan fingerprint density at radius 1 is 1.56 bits per heavy atom. The zero-order chi connectivity index (χ0) is 12.0. The van der Waals surface area contributed by atoms with E-state index in [-0.39, 0.29) is 5.97 Å². The molecule has 0 bridgehead atoms. The lowest BCUT2D eigenvalue weighted by atomic mass is 10.2. The second-order valence-corrected chi connectivity index (χ2v) is 3.41. The Balaban J connectivity index is 2.62. The average molecular weight is 218 g/mol. The Hall–Kier alpha value is -2.02. The van der Waals surface area contributed by atoms with Gasteiger partial charge in [-0.1, -0.05) is 6.07 Å². The summed E-state index contributed by atoms with van der Waals surface area (Å²) in [4.78, 5) is 12.9. The fourth-order valence-corrected chi connectivity index (χ4v) is 1.30. The van der Waals surface area contributed by atoms with Gasteiger partial charge in [0.1, 0.15) is 0 Å². The molecule has 84 valence electrons. The van der Waals surface area contributed by atoms with E-state index in [0.29, 0.717) is 18.5 Å². The highest BCUT2D eigenvalue weighted by molar-refractivity contribution is 5.70. The van der Waals surface area contributed by atoms with Crippen molar-refractivity contribution >= 4 is 11.7 Å². The van der Waals surface area contributed by atoms with E-state index < -0.39 is 0 Å². The molecule has 1 rings (SSSR count). The van der Waals surface area contributed by atoms with E-state index in [9.17, 15) is 4.79 Å². The number of carbonyl (C=O) groups excluding carboxylic acids is 1. The van der Waals surface area contributed by atoms with Gasteiger partial charge in [0.05, 0.1) is 25.2 Å². The molecule has 1 aromatic carbocycles. The fraction of sp³-hybridized carbons (Fsp3) is 0.333. The number of hydrogen-bond donors (Lipinski definition) is 0. The molecule has 0 heterocycles. The molecule has 0 aliphatic heterocycles. The van der Waals surface area contributed by atoms with Crippen molar-refractivity contribution in [2.24, 2.45) is 0 Å². The number of ether oxygens (including phenoxy) is 1. The molecule has 0 amide bonds. The predicted octanol–water partition coefficient (Wildman–Crippen LogP) is 1.56. The van der Waals surface area contributed by atoms with Gasteiger partial charge < -0.3 is 9.64 Å². The number of benzene rings is 1. The van der Waals surface area contributed by atoms with Gasteiger partial charge in [-0.25, -0.2) is 0 Å². The van der Waals surface area contributed by atoms with Gasteiger partial charge in [0.25, 0.3) is 0 Å². The largest absolute Gasteiger partial charge is 0.469 e. The Morgan fingerprint density at radius 2 is 2.31 bits per heavy atom. The van der Waals surface area contributed by atoms with Gasteiger partial charge in [0.15, 0.2) is 0 Å². The van der Waals surface area contributed by atoms with E-state index in [1.54, 1.807) is 12.1 Å². The third-order valence-electron chi connectivity index (χ3n) is 2.30. The van der Waals surface area contributed by atoms with Crippen molar-refractivity contribution in [3.8, 4) is 6.07 Å². The minimum Gasteiger partial charge on any atom is -0.469 e. The number of rotatable bonds is 4. The van der Waals surface area contributed by atoms with Gasteiger partial charge in [0, 0.05) is 19.3 Å². The molecule has 1 aromatic rings. The highest BCUT2D eigenvalue weighted by Gasteiger charge is 2.05. The van der Waals surface area contributed by atoms with Gasteiger partial charge >= 0.3 is 5.97 Å². The minimum absolute atomic E-state index is 0.233. The van der Waals surface area contributed by atoms with Crippen molar-refractivity contribution in [2.45, 2.75) is 6.42 Å². The summed E-state index contributed by atoms with van der Waals surface area (Å²) in [5, 5.41) is 8.76. The summed E-state index contributed by atoms with van der Waals surface area (Å²) in [5.74, 6) is -0.233. The van der Waals surface area contributed by atoms with Crippen LogP contribution >= 0.6 is 0 Å². The van der Waals surface area contributed by atoms with E-state index in [1.807, 2.05) is 24.1 Å². The monoisotopic (exact) mass is 218 g/mol. The third-order valence-corrected chi connectivity index (χ3v) is 2.30. The van der Waals surface area contributed by atoms with Gasteiger partial charge in [-0.05, 0) is 18.2 Å². The molecule has 16 heavy (non-hydrogen) atoms. The minimum atomic E-state index is -0.233. The third kappa shape index (κ3) is 3.28. The molecule has 0 aliphatic carbocycles. The Morgan fingerprint density at radius 3 is 2.94 bits per heavy atom. The number of anilines is 1. The average Bonchev–Trinajstić information content (AvgIpc) is 2.35. The summed E-state index contributed by atoms with van der Waals surface area (Å²) in [6, 6.07) is 9.34. The van der Waals surface area contributed by atoms with Crippen molar-refractivity contribution in [1.82, 2.24) is 0 Å². The topological polar surface area (TPSA) is 53.3 Å². The number of hydrogen-bond acceptors (Lipinski definition) is 4. The Labute approximate surface area is 95.0 Å². The van der Waals surface area contributed by atoms with Crippen LogP contribution in [0.2, 0.25) is 0 Å². The molecule has 0 radical (unpaired) electrons. The molecule has 0 atom stereocenters. The maximum Gasteiger partial charge on any atom is 0.307 e. The number of carbonyl (C=O) groups is 1. The molecule has 0 saturated carbocycles. The van der Waals surface area contributed by atoms with Crippen LogP contribution < -0.4 is 4.90 Å². The molecule has 4 nitrogen and oxygen atoms in total. The fourth-order valence-electron chi connectivity index (χ4n) is 1.30. The van der Waals surface area contributed by atoms with Crippen LogP contribution in [0, 0.1) is 11.3 Å². The van der Waals surface area contributed by atoms with E-state index >= 15 is 0 Å². The number of esters is 1. The van der Waals surface area contributed by atoms with Gasteiger partial charge in [-0.2, -0.15) is 5.26 Å². The SMILES string of the molecule is COC(=O)CCN(C)c1cccc(C#N)c1. The molecular weight excluding hydrogens is 204 g/mol. The van der Waals surface area contributed by atoms with Crippen LogP contribution in [0.15, 0.2) is 24.3 Å². The lowest BCUT2D eigenvalue weighted by Gasteiger charge is -2.18. The highest BCUT2D eigenvalue weighted by atomic mass is 16.5. The van der Waals surface area contributed by atoms with E-state index in [1.165, 1.54) is 7.11 Å². The van der Waals surface area contributed by atoms with E-state index in [2.05, 4.69) is 10.8 Å². The lowest BCUT2D eigenvalue weighted by Crippen LogP contribution is -2.21. The first-order chi connectivity index (χ1) is 7.67. The maximum atomic E-state index is 11.0. The first-order valence-electron chi connectivity index (χ1n) is 4.95. The van der Waals surface area contributed by atoms with Crippen LogP contribution in [-0.4, -0.2) is 26.7 Å². The number of nitriles is 1. The summed E-state index contributed by atoms with van der Waals surface area (Å²) >= 11 is 0. The molecule has 0 saturated heterocycles. The van der Waals surface area contributed by atoms with Crippen LogP contribution in [0.25, 0.3) is 0 Å². The van der Waals surface area contributed by atoms with Crippen LogP contribution in [0.4, 0.5) is 5.69 Å². The summed E-state index contributed by atoms with van der Waals surface area (Å²) in [7, 11) is 3.25. The molecule has 0 N–H and O–H groups in total. The standard InChI is InChI=1S/C12H14N2O2/c1-14(7-6-12(15)16-2)11-5-3-4-10(8-11)9-13/h3-5,8H,6-7H2,1-2H3. The molecule has 0 spiro atoms. The Bertz CT molecular complexity index is 410. The van der Waals surface area contributed by atoms with E-state index in [4.69, 9.17) is 5.26 Å². The maximum absolute atomic E-state index is 11.0. The van der Waals surface area contributed by atoms with Crippen LogP contribution in [0.5, 0.6) is 0 Å². The first kappa shape index (κ1) is 12.1. The van der Waals surface area contributed by atoms with Crippen molar-refractivity contribution < 1.29 is 9.53 Å². The smallest absolute Gasteiger partial charge is 0.307 e. The van der Waals surface area contributed by atoms with Crippen LogP contribution in [-0.2, 0) is 9.53 Å². The van der Waals surface area contributed by atoms with Gasteiger partial charge in [-0.3, -0.25) is 4.79 Å². The summed E-state index contributed by atoms with van der Waals surface area (Å²) < 4.78 is 4.56. The van der Waals surface area contributed by atoms with E-state index in [0.717, 1.165) is 5.69 Å². The zero-order valence-electron chi connectivity index (χ0n) is 9.43. The summed E-state index contributed by atoms with van der Waals surface area (Å²) in [5.41, 5.74) is 1.53. The first-order valence-corrected chi connectivity index (χ1v) is 4.95. The van der Waals surface area contributed by atoms with Crippen molar-refractivity contribution in [1.29, 1.82) is 5.26 Å². The van der Waals surface area contributed by atoms with Crippen LogP contribution in [0.3, 0.4) is 0 Å². The molecule has 0 aromatic heterocycles. The lowest BCUT2D eigenvalue weighted by molar-refractivity contribution is -0.140. The predicted molar refractivity (Wildman–Crippen MR) is 61.1 cm³/mol. The molecule has 0 unspecified atom stereocenters. The van der Waals surface area contributed by atoms with Gasteiger partial charge in [0.2, 0.25) is 0 Å². The quantitative estimate of drug-likeness (QED) is 0.719. The summed E-state index contributed by atoms with van der Waals surface area (Å²) in [6.45, 7) is 0.571. The second kappa shape index (κ2) is 5.76. The molecular formula is C12H14N2O2.